The minimum absolute atomic E-state index is 0.0513. The number of aromatic nitrogens is 4. The molecule has 0 saturated carbocycles. The normalized spacial score (nSPS) is 18.0. The van der Waals surface area contributed by atoms with Crippen LogP contribution in [-0.4, -0.2) is 37.1 Å². The molecule has 1 aliphatic heterocycles. The lowest BCUT2D eigenvalue weighted by Crippen LogP contribution is -2.27. The summed E-state index contributed by atoms with van der Waals surface area (Å²) in [5, 5.41) is 7.22. The number of rotatable bonds is 6. The SMILES string of the molecule is CC(=O)NCc1ccnc([C@@H]2CCCN2Cc2ccnn2C(C)C)n1. The van der Waals surface area contributed by atoms with Crippen LogP contribution in [0.3, 0.4) is 0 Å². The number of amides is 1. The predicted octanol–water partition coefficient (Wildman–Crippen LogP) is 2.23. The van der Waals surface area contributed by atoms with Gasteiger partial charge in [0.1, 0.15) is 5.82 Å². The molecule has 1 aliphatic rings. The van der Waals surface area contributed by atoms with E-state index in [9.17, 15) is 4.79 Å². The first-order chi connectivity index (χ1) is 12.0. The summed E-state index contributed by atoms with van der Waals surface area (Å²) >= 11 is 0. The van der Waals surface area contributed by atoms with Crippen molar-refractivity contribution in [2.24, 2.45) is 0 Å². The summed E-state index contributed by atoms with van der Waals surface area (Å²) < 4.78 is 2.07. The molecule has 2 aromatic heterocycles. The van der Waals surface area contributed by atoms with Gasteiger partial charge in [-0.25, -0.2) is 9.97 Å². The standard InChI is InChI=1S/C18H26N6O/c1-13(2)24-16(7-9-21-24)12-23-10-4-5-17(23)18-19-8-6-15(22-18)11-20-14(3)25/h6-9,13,17H,4-5,10-12H2,1-3H3,(H,20,25)/t17-/m0/s1. The molecule has 7 nitrogen and oxygen atoms in total. The fourth-order valence-corrected chi connectivity index (χ4v) is 3.33. The first-order valence-corrected chi connectivity index (χ1v) is 8.87. The van der Waals surface area contributed by atoms with Crippen molar-refractivity contribution in [3.63, 3.8) is 0 Å². The number of carbonyl (C=O) groups excluding carboxylic acids is 1. The van der Waals surface area contributed by atoms with Gasteiger partial charge in [-0.15, -0.1) is 0 Å². The fraction of sp³-hybridized carbons (Fsp3) is 0.556. The van der Waals surface area contributed by atoms with Crippen molar-refractivity contribution in [1.29, 1.82) is 0 Å². The van der Waals surface area contributed by atoms with Crippen LogP contribution in [0.2, 0.25) is 0 Å². The van der Waals surface area contributed by atoms with Crippen molar-refractivity contribution in [2.75, 3.05) is 6.54 Å². The molecule has 134 valence electrons. The van der Waals surface area contributed by atoms with E-state index in [1.165, 1.54) is 12.6 Å². The number of hydrogen-bond donors (Lipinski definition) is 1. The largest absolute Gasteiger partial charge is 0.351 e. The Balaban J connectivity index is 1.74. The number of hydrogen-bond acceptors (Lipinski definition) is 5. The van der Waals surface area contributed by atoms with Gasteiger partial charge in [-0.3, -0.25) is 14.4 Å². The molecule has 0 unspecified atom stereocenters. The van der Waals surface area contributed by atoms with Gasteiger partial charge in [-0.1, -0.05) is 0 Å². The van der Waals surface area contributed by atoms with Crippen LogP contribution in [0.15, 0.2) is 24.5 Å². The van der Waals surface area contributed by atoms with Gasteiger partial charge in [0.15, 0.2) is 0 Å². The Morgan fingerprint density at radius 2 is 2.20 bits per heavy atom. The van der Waals surface area contributed by atoms with Crippen molar-refractivity contribution in [3.05, 3.63) is 41.7 Å². The first-order valence-electron chi connectivity index (χ1n) is 8.87. The van der Waals surface area contributed by atoms with Gasteiger partial charge in [-0.05, 0) is 45.4 Å². The summed E-state index contributed by atoms with van der Waals surface area (Å²) in [6.45, 7) is 8.13. The van der Waals surface area contributed by atoms with Crippen LogP contribution in [0.5, 0.6) is 0 Å². The second kappa shape index (κ2) is 7.74. The molecule has 3 heterocycles. The van der Waals surface area contributed by atoms with Crippen molar-refractivity contribution < 1.29 is 4.79 Å². The highest BCUT2D eigenvalue weighted by molar-refractivity contribution is 5.72. The van der Waals surface area contributed by atoms with Crippen LogP contribution in [0.25, 0.3) is 0 Å². The Morgan fingerprint density at radius 3 is 2.96 bits per heavy atom. The Hall–Kier alpha value is -2.28. The maximum Gasteiger partial charge on any atom is 0.217 e. The van der Waals surface area contributed by atoms with Gasteiger partial charge in [0.25, 0.3) is 0 Å². The molecule has 1 saturated heterocycles. The summed E-state index contributed by atoms with van der Waals surface area (Å²) in [5.41, 5.74) is 2.07. The summed E-state index contributed by atoms with van der Waals surface area (Å²) in [7, 11) is 0. The van der Waals surface area contributed by atoms with Crippen LogP contribution in [0.1, 0.15) is 62.9 Å². The van der Waals surface area contributed by atoms with Crippen molar-refractivity contribution in [2.45, 2.75) is 58.8 Å². The molecule has 25 heavy (non-hydrogen) atoms. The van der Waals surface area contributed by atoms with Crippen molar-refractivity contribution in [3.8, 4) is 0 Å². The number of nitrogens with zero attached hydrogens (tertiary/aromatic N) is 5. The Labute approximate surface area is 148 Å². The molecule has 1 atom stereocenters. The fourth-order valence-electron chi connectivity index (χ4n) is 3.33. The van der Waals surface area contributed by atoms with Crippen LogP contribution in [-0.2, 0) is 17.9 Å². The van der Waals surface area contributed by atoms with Crippen LogP contribution in [0.4, 0.5) is 0 Å². The van der Waals surface area contributed by atoms with Gasteiger partial charge < -0.3 is 5.32 Å². The third-order valence-corrected chi connectivity index (χ3v) is 4.52. The molecule has 3 rings (SSSR count). The van der Waals surface area contributed by atoms with E-state index in [-0.39, 0.29) is 11.9 Å². The number of nitrogens with one attached hydrogen (secondary N) is 1. The molecule has 1 amide bonds. The Kier molecular flexibility index (Phi) is 5.43. The molecule has 7 heteroatoms. The van der Waals surface area contributed by atoms with Crippen molar-refractivity contribution in [1.82, 2.24) is 30.0 Å². The maximum absolute atomic E-state index is 11.1. The average Bonchev–Trinajstić information content (AvgIpc) is 3.23. The van der Waals surface area contributed by atoms with Crippen LogP contribution < -0.4 is 5.32 Å². The van der Waals surface area contributed by atoms with Gasteiger partial charge in [0, 0.05) is 31.9 Å². The number of carbonyl (C=O) groups is 1. The highest BCUT2D eigenvalue weighted by Crippen LogP contribution is 2.31. The van der Waals surface area contributed by atoms with Gasteiger partial charge in [0.05, 0.1) is 24.0 Å². The highest BCUT2D eigenvalue weighted by Gasteiger charge is 2.29. The molecule has 1 fully saturated rings. The third kappa shape index (κ3) is 4.22. The minimum Gasteiger partial charge on any atom is -0.351 e. The summed E-state index contributed by atoms with van der Waals surface area (Å²) in [6.07, 6.45) is 5.85. The summed E-state index contributed by atoms with van der Waals surface area (Å²) in [6, 6.07) is 4.51. The zero-order valence-corrected chi connectivity index (χ0v) is 15.1. The zero-order chi connectivity index (χ0) is 17.8. The van der Waals surface area contributed by atoms with Crippen LogP contribution in [0, 0.1) is 0 Å². The van der Waals surface area contributed by atoms with E-state index in [0.29, 0.717) is 12.6 Å². The van der Waals surface area contributed by atoms with Gasteiger partial charge in [0.2, 0.25) is 5.91 Å². The molecule has 2 aromatic rings. The lowest BCUT2D eigenvalue weighted by Gasteiger charge is -2.24. The smallest absolute Gasteiger partial charge is 0.217 e. The lowest BCUT2D eigenvalue weighted by atomic mass is 10.2. The van der Waals surface area contributed by atoms with Gasteiger partial charge in [-0.2, -0.15) is 5.10 Å². The molecule has 0 radical (unpaired) electrons. The van der Waals surface area contributed by atoms with E-state index in [1.54, 1.807) is 6.20 Å². The van der Waals surface area contributed by atoms with Crippen molar-refractivity contribution >= 4 is 5.91 Å². The third-order valence-electron chi connectivity index (χ3n) is 4.52. The zero-order valence-electron chi connectivity index (χ0n) is 15.1. The minimum atomic E-state index is -0.0513. The van der Waals surface area contributed by atoms with E-state index in [4.69, 9.17) is 0 Å². The predicted molar refractivity (Wildman–Crippen MR) is 94.5 cm³/mol. The number of likely N-dealkylation sites (tertiary alicyclic amines) is 1. The lowest BCUT2D eigenvalue weighted by molar-refractivity contribution is -0.119. The maximum atomic E-state index is 11.1. The van der Waals surface area contributed by atoms with E-state index in [1.807, 2.05) is 12.3 Å². The van der Waals surface area contributed by atoms with E-state index < -0.39 is 0 Å². The molecule has 1 N–H and O–H groups in total. The summed E-state index contributed by atoms with van der Waals surface area (Å²) in [5.74, 6) is 0.792. The van der Waals surface area contributed by atoms with Crippen LogP contribution >= 0.6 is 0 Å². The average molecular weight is 342 g/mol. The Bertz CT molecular complexity index is 726. The molecular formula is C18H26N6O. The first kappa shape index (κ1) is 17.5. The topological polar surface area (TPSA) is 75.9 Å². The quantitative estimate of drug-likeness (QED) is 0.871. The van der Waals surface area contributed by atoms with E-state index >= 15 is 0 Å². The molecule has 0 spiro atoms. The van der Waals surface area contributed by atoms with E-state index in [0.717, 1.165) is 37.4 Å². The monoisotopic (exact) mass is 342 g/mol. The molecule has 0 aliphatic carbocycles. The van der Waals surface area contributed by atoms with Gasteiger partial charge >= 0.3 is 0 Å². The second-order valence-electron chi connectivity index (χ2n) is 6.81. The second-order valence-corrected chi connectivity index (χ2v) is 6.81. The summed E-state index contributed by atoms with van der Waals surface area (Å²) in [4.78, 5) is 22.7. The van der Waals surface area contributed by atoms with E-state index in [2.05, 4.69) is 49.9 Å². The molecule has 0 bridgehead atoms. The molecule has 0 aromatic carbocycles. The highest BCUT2D eigenvalue weighted by atomic mass is 16.1. The Morgan fingerprint density at radius 1 is 1.36 bits per heavy atom. The molecular weight excluding hydrogens is 316 g/mol.